The van der Waals surface area contributed by atoms with Crippen molar-refractivity contribution in [3.05, 3.63) is 57.9 Å². The summed E-state index contributed by atoms with van der Waals surface area (Å²) in [7, 11) is 3.02. The minimum absolute atomic E-state index is 0.00449. The van der Waals surface area contributed by atoms with E-state index < -0.39 is 0 Å². The molecule has 0 N–H and O–H groups in total. The Morgan fingerprint density at radius 1 is 1.07 bits per heavy atom. The molecular formula is C33H35ClN6O4S. The van der Waals surface area contributed by atoms with Gasteiger partial charge in [-0.15, -0.1) is 11.3 Å². The van der Waals surface area contributed by atoms with E-state index in [-0.39, 0.29) is 16.8 Å². The van der Waals surface area contributed by atoms with Gasteiger partial charge >= 0.3 is 5.97 Å². The molecule has 3 fully saturated rings. The fourth-order valence-corrected chi connectivity index (χ4v) is 7.76. The fourth-order valence-electron chi connectivity index (χ4n) is 6.65. The second-order valence-electron chi connectivity index (χ2n) is 12.5. The lowest BCUT2D eigenvalue weighted by molar-refractivity contribution is 0.0606. The van der Waals surface area contributed by atoms with E-state index in [4.69, 9.17) is 35.8 Å². The van der Waals surface area contributed by atoms with Gasteiger partial charge in [0.25, 0.3) is 0 Å². The smallest absolute Gasteiger partial charge is 0.348 e. The summed E-state index contributed by atoms with van der Waals surface area (Å²) in [6, 6.07) is 15.7. The molecule has 10 nitrogen and oxygen atoms in total. The quantitative estimate of drug-likeness (QED) is 0.183. The number of rotatable bonds is 10. The van der Waals surface area contributed by atoms with E-state index in [2.05, 4.69) is 20.4 Å². The summed E-state index contributed by atoms with van der Waals surface area (Å²) in [5.41, 5.74) is 2.11. The minimum Gasteiger partial charge on any atom is -0.496 e. The van der Waals surface area contributed by atoms with Crippen LogP contribution in [0, 0.1) is 22.2 Å². The van der Waals surface area contributed by atoms with Crippen molar-refractivity contribution in [2.75, 3.05) is 50.2 Å². The van der Waals surface area contributed by atoms with Crippen LogP contribution in [0.3, 0.4) is 0 Å². The number of imidazole rings is 1. The van der Waals surface area contributed by atoms with Gasteiger partial charge in [-0.1, -0.05) is 23.7 Å². The molecule has 4 aromatic rings. The number of ether oxygens (including phenoxy) is 3. The molecule has 7 rings (SSSR count). The van der Waals surface area contributed by atoms with Crippen LogP contribution in [0.2, 0.25) is 5.02 Å². The zero-order valence-corrected chi connectivity index (χ0v) is 27.0. The third kappa shape index (κ3) is 5.77. The third-order valence-corrected chi connectivity index (χ3v) is 10.8. The molecule has 5 heterocycles. The monoisotopic (exact) mass is 646 g/mol. The van der Waals surface area contributed by atoms with E-state index in [9.17, 15) is 10.1 Å². The number of hydrogen-bond donors (Lipinski definition) is 0. The van der Waals surface area contributed by atoms with Crippen molar-refractivity contribution >= 4 is 51.0 Å². The topological polar surface area (TPSA) is 106 Å². The summed E-state index contributed by atoms with van der Waals surface area (Å²) in [5, 5.41) is 10.1. The molecule has 12 heteroatoms. The normalized spacial score (nSPS) is 18.0. The largest absolute Gasteiger partial charge is 0.496 e. The second-order valence-corrected chi connectivity index (χ2v) is 14.0. The van der Waals surface area contributed by atoms with Crippen LogP contribution in [0.1, 0.15) is 47.3 Å². The highest BCUT2D eigenvalue weighted by Gasteiger charge is 2.48. The Bertz CT molecular complexity index is 1780. The Morgan fingerprint density at radius 3 is 2.58 bits per heavy atom. The van der Waals surface area contributed by atoms with E-state index in [1.54, 1.807) is 13.2 Å². The number of anilines is 2. The molecule has 45 heavy (non-hydrogen) atoms. The van der Waals surface area contributed by atoms with Crippen molar-refractivity contribution in [3.63, 3.8) is 0 Å². The zero-order valence-electron chi connectivity index (χ0n) is 25.4. The number of aromatic nitrogens is 3. The highest BCUT2D eigenvalue weighted by Crippen LogP contribution is 2.52. The molecule has 234 valence electrons. The molecular weight excluding hydrogens is 612 g/mol. The molecule has 0 unspecified atom stereocenters. The average molecular weight is 647 g/mol. The van der Waals surface area contributed by atoms with Crippen LogP contribution in [0.15, 0.2) is 42.5 Å². The highest BCUT2D eigenvalue weighted by atomic mass is 35.5. The summed E-state index contributed by atoms with van der Waals surface area (Å²) < 4.78 is 18.7. The van der Waals surface area contributed by atoms with Crippen LogP contribution < -0.4 is 19.3 Å². The summed E-state index contributed by atoms with van der Waals surface area (Å²) in [6.07, 6.45) is 4.76. The number of nitriles is 1. The lowest BCUT2D eigenvalue weighted by atomic mass is 9.72. The minimum atomic E-state index is -0.340. The van der Waals surface area contributed by atoms with E-state index in [1.165, 1.54) is 18.4 Å². The van der Waals surface area contributed by atoms with Crippen molar-refractivity contribution in [2.45, 2.75) is 45.3 Å². The molecule has 3 aromatic heterocycles. The number of nitrogens with zero attached hydrogens (tertiary/aromatic N) is 6. The van der Waals surface area contributed by atoms with Gasteiger partial charge in [0.1, 0.15) is 27.9 Å². The number of methoxy groups -OCH3 is 2. The van der Waals surface area contributed by atoms with E-state index >= 15 is 0 Å². The van der Waals surface area contributed by atoms with Crippen LogP contribution in [0.25, 0.3) is 10.3 Å². The predicted molar refractivity (Wildman–Crippen MR) is 174 cm³/mol. The average Bonchev–Trinajstić information content (AvgIpc) is 3.54. The first-order chi connectivity index (χ1) is 21.8. The first-order valence-corrected chi connectivity index (χ1v) is 16.4. The number of benzene rings is 1. The van der Waals surface area contributed by atoms with Crippen LogP contribution in [-0.2, 0) is 17.9 Å². The van der Waals surface area contributed by atoms with E-state index in [1.807, 2.05) is 36.4 Å². The van der Waals surface area contributed by atoms with Crippen molar-refractivity contribution in [1.29, 1.82) is 5.26 Å². The van der Waals surface area contributed by atoms with Gasteiger partial charge < -0.3 is 28.6 Å². The molecule has 0 amide bonds. The van der Waals surface area contributed by atoms with Crippen LogP contribution in [0.4, 0.5) is 11.8 Å². The molecule has 1 aromatic carbocycles. The number of hydrogen-bond acceptors (Lipinski definition) is 10. The van der Waals surface area contributed by atoms with Crippen LogP contribution in [-0.4, -0.2) is 60.9 Å². The zero-order chi connectivity index (χ0) is 31.2. The van der Waals surface area contributed by atoms with Crippen molar-refractivity contribution in [2.24, 2.45) is 10.8 Å². The van der Waals surface area contributed by atoms with Crippen molar-refractivity contribution < 1.29 is 19.0 Å². The van der Waals surface area contributed by atoms with Gasteiger partial charge in [-0.2, -0.15) is 10.2 Å². The van der Waals surface area contributed by atoms with Gasteiger partial charge in [0.2, 0.25) is 11.8 Å². The molecule has 0 bridgehead atoms. The van der Waals surface area contributed by atoms with Crippen LogP contribution >= 0.6 is 22.9 Å². The first kappa shape index (κ1) is 29.7. The maximum Gasteiger partial charge on any atom is 0.348 e. The maximum absolute atomic E-state index is 12.2. The van der Waals surface area contributed by atoms with Gasteiger partial charge in [-0.3, -0.25) is 0 Å². The lowest BCUT2D eigenvalue weighted by Gasteiger charge is -2.54. The van der Waals surface area contributed by atoms with Gasteiger partial charge in [0.05, 0.1) is 25.8 Å². The number of thiophene rings is 1. The van der Waals surface area contributed by atoms with Gasteiger partial charge in [0, 0.05) is 66.6 Å². The Kier molecular flexibility index (Phi) is 7.74. The number of halogens is 1. The first-order valence-electron chi connectivity index (χ1n) is 15.2. The van der Waals surface area contributed by atoms with E-state index in [0.29, 0.717) is 34.6 Å². The van der Waals surface area contributed by atoms with Gasteiger partial charge in [-0.05, 0) is 49.9 Å². The fraction of sp³-hybridized carbons (Fsp3) is 0.455. The molecule has 1 aliphatic carbocycles. The number of esters is 1. The number of carbonyl (C=O) groups is 1. The Hall–Kier alpha value is -4.01. The molecule has 3 aliphatic rings. The standard InChI is InChI=1S/C33H35ClN6O4S/c1-42-25-16-23(34)7-6-22(25)18-44-28-5-3-4-27(36-28)38-14-11-33(12-15-38)19-39(20-33)31-37-29-24(17-26(45-29)30(41)43-2)40(31)21-32(8-9-32)10-13-35/h3-7,16-17H,8-12,14-15,18-21H2,1-2H3. The predicted octanol–water partition coefficient (Wildman–Crippen LogP) is 6.32. The van der Waals surface area contributed by atoms with Crippen LogP contribution in [0.5, 0.6) is 11.6 Å². The van der Waals surface area contributed by atoms with Crippen molar-refractivity contribution in [1.82, 2.24) is 14.5 Å². The number of pyridine rings is 1. The molecule has 2 aliphatic heterocycles. The summed E-state index contributed by atoms with van der Waals surface area (Å²) in [4.78, 5) is 28.2. The maximum atomic E-state index is 12.2. The highest BCUT2D eigenvalue weighted by molar-refractivity contribution is 7.20. The molecule has 1 spiro atoms. The summed E-state index contributed by atoms with van der Waals surface area (Å²) in [5.74, 6) is 2.80. The molecule has 2 saturated heterocycles. The molecule has 1 saturated carbocycles. The Balaban J connectivity index is 1.01. The second kappa shape index (κ2) is 11.7. The Morgan fingerprint density at radius 2 is 1.87 bits per heavy atom. The van der Waals surface area contributed by atoms with Gasteiger partial charge in [0.15, 0.2) is 0 Å². The number of carbonyl (C=O) groups excluding carboxylic acids is 1. The number of piperidine rings is 1. The lowest BCUT2D eigenvalue weighted by Crippen LogP contribution is -2.61. The summed E-state index contributed by atoms with van der Waals surface area (Å²) in [6.45, 7) is 4.82. The summed E-state index contributed by atoms with van der Waals surface area (Å²) >= 11 is 7.47. The third-order valence-electron chi connectivity index (χ3n) is 9.54. The van der Waals surface area contributed by atoms with Gasteiger partial charge in [-0.25, -0.2) is 9.78 Å². The Labute approximate surface area is 271 Å². The molecule has 0 atom stereocenters. The van der Waals surface area contributed by atoms with E-state index in [0.717, 1.165) is 86.1 Å². The van der Waals surface area contributed by atoms with Crippen molar-refractivity contribution in [3.8, 4) is 17.7 Å². The number of fused-ring (bicyclic) bond motifs is 1. The SMILES string of the molecule is COC(=O)c1cc2c(nc(N3CC4(CCN(c5cccc(OCc6ccc(Cl)cc6OC)n5)CC4)C3)n2CC2(CC#N)CC2)s1. The molecule has 0 radical (unpaired) electrons.